The number of benzene rings is 2. The van der Waals surface area contributed by atoms with E-state index in [-0.39, 0.29) is 24.2 Å². The van der Waals surface area contributed by atoms with E-state index < -0.39 is 11.9 Å². The molecule has 1 fully saturated rings. The predicted molar refractivity (Wildman–Crippen MR) is 120 cm³/mol. The Kier molecular flexibility index (Phi) is 8.75. The van der Waals surface area contributed by atoms with Crippen LogP contribution in [0.2, 0.25) is 0 Å². The second kappa shape index (κ2) is 11.5. The summed E-state index contributed by atoms with van der Waals surface area (Å²) in [6.07, 6.45) is 6.64. The predicted octanol–water partition coefficient (Wildman–Crippen LogP) is 7.86. The Balaban J connectivity index is 1.49. The molecule has 0 N–H and O–H groups in total. The van der Waals surface area contributed by atoms with Crippen LogP contribution in [0.1, 0.15) is 86.5 Å². The third-order valence-corrected chi connectivity index (χ3v) is 6.61. The van der Waals surface area contributed by atoms with Crippen LogP contribution in [0.3, 0.4) is 0 Å². The molecule has 1 aliphatic rings. The molecule has 1 aliphatic carbocycles. The number of halogens is 3. The highest BCUT2D eigenvalue weighted by Gasteiger charge is 2.33. The molecule has 1 saturated carbocycles. The van der Waals surface area contributed by atoms with Crippen LogP contribution in [0.4, 0.5) is 13.2 Å². The Morgan fingerprint density at radius 1 is 1.03 bits per heavy atom. The largest absolute Gasteiger partial charge is 0.383 e. The summed E-state index contributed by atoms with van der Waals surface area (Å²) in [6.45, 7) is 1.98. The molecular weight excluding hydrogens is 411 g/mol. The zero-order chi connectivity index (χ0) is 23.0. The number of unbranched alkanes of at least 4 members (excludes halogenated alkanes) is 2. The van der Waals surface area contributed by atoms with Crippen molar-refractivity contribution < 1.29 is 17.9 Å². The minimum Gasteiger partial charge on any atom is -0.316 e. The topological polar surface area (TPSA) is 33.0 Å². The van der Waals surface area contributed by atoms with E-state index in [2.05, 4.69) is 6.92 Å². The maximum absolute atomic E-state index is 14.5. The third kappa shape index (κ3) is 6.59. The van der Waals surface area contributed by atoms with Crippen LogP contribution >= 0.6 is 0 Å². The van der Waals surface area contributed by atoms with Gasteiger partial charge in [-0.2, -0.15) is 14.0 Å². The van der Waals surface area contributed by atoms with Crippen molar-refractivity contribution in [3.8, 4) is 6.07 Å². The number of nitriles is 1. The first-order valence-electron chi connectivity index (χ1n) is 11.7. The van der Waals surface area contributed by atoms with Crippen molar-refractivity contribution in [3.05, 3.63) is 70.5 Å². The summed E-state index contributed by atoms with van der Waals surface area (Å²) in [5.41, 5.74) is 1.41. The fourth-order valence-electron chi connectivity index (χ4n) is 4.60. The highest BCUT2D eigenvalue weighted by atomic mass is 19.3. The zero-order valence-corrected chi connectivity index (χ0v) is 18.8. The summed E-state index contributed by atoms with van der Waals surface area (Å²) in [5.74, 6) is 0.619. The van der Waals surface area contributed by atoms with Crippen LogP contribution < -0.4 is 0 Å². The molecule has 0 spiro atoms. The van der Waals surface area contributed by atoms with Gasteiger partial charge in [0.15, 0.2) is 0 Å². The average molecular weight is 444 g/mol. The summed E-state index contributed by atoms with van der Waals surface area (Å²) in [7, 11) is 0. The van der Waals surface area contributed by atoms with Gasteiger partial charge in [-0.15, -0.1) is 0 Å². The first-order valence-corrected chi connectivity index (χ1v) is 11.7. The Morgan fingerprint density at radius 3 is 2.38 bits per heavy atom. The monoisotopic (exact) mass is 443 g/mol. The molecule has 0 aromatic heterocycles. The molecule has 0 aliphatic heterocycles. The Labute approximate surface area is 189 Å². The summed E-state index contributed by atoms with van der Waals surface area (Å²) < 4.78 is 47.5. The average Bonchev–Trinajstić information content (AvgIpc) is 2.80. The van der Waals surface area contributed by atoms with E-state index in [1.807, 2.05) is 12.1 Å². The molecular formula is C27H32F3NO. The summed E-state index contributed by atoms with van der Waals surface area (Å²) in [5, 5.41) is 8.76. The molecule has 0 amide bonds. The van der Waals surface area contributed by atoms with E-state index in [0.29, 0.717) is 11.5 Å². The van der Waals surface area contributed by atoms with Gasteiger partial charge in [0.1, 0.15) is 11.9 Å². The number of alkyl halides is 2. The first kappa shape index (κ1) is 24.3. The number of ether oxygens (including phenoxy) is 1. The smallest absolute Gasteiger partial charge is 0.316 e. The van der Waals surface area contributed by atoms with Crippen molar-refractivity contribution in [2.24, 2.45) is 5.92 Å². The van der Waals surface area contributed by atoms with Crippen molar-refractivity contribution in [3.63, 3.8) is 0 Å². The van der Waals surface area contributed by atoms with E-state index in [9.17, 15) is 13.2 Å². The van der Waals surface area contributed by atoms with Crippen molar-refractivity contribution in [1.29, 1.82) is 5.26 Å². The van der Waals surface area contributed by atoms with Gasteiger partial charge in [-0.3, -0.25) is 0 Å². The van der Waals surface area contributed by atoms with Gasteiger partial charge in [0.2, 0.25) is 0 Å². The highest BCUT2D eigenvalue weighted by molar-refractivity contribution is 5.33. The van der Waals surface area contributed by atoms with E-state index in [1.54, 1.807) is 12.1 Å². The number of hydrogen-bond acceptors (Lipinski definition) is 2. The van der Waals surface area contributed by atoms with Crippen LogP contribution in [0.5, 0.6) is 0 Å². The third-order valence-electron chi connectivity index (χ3n) is 6.61. The molecule has 0 heterocycles. The molecule has 5 heteroatoms. The lowest BCUT2D eigenvalue weighted by atomic mass is 9.77. The molecule has 32 heavy (non-hydrogen) atoms. The van der Waals surface area contributed by atoms with Gasteiger partial charge in [0.25, 0.3) is 0 Å². The lowest BCUT2D eigenvalue weighted by molar-refractivity contribution is -0.248. The molecule has 0 atom stereocenters. The molecule has 0 saturated heterocycles. The lowest BCUT2D eigenvalue weighted by Gasteiger charge is -2.29. The van der Waals surface area contributed by atoms with Crippen molar-refractivity contribution >= 4 is 0 Å². The van der Waals surface area contributed by atoms with Gasteiger partial charge in [-0.1, -0.05) is 62.9 Å². The fraction of sp³-hybridized carbons (Fsp3) is 0.519. The molecule has 0 radical (unpaired) electrons. The molecule has 0 unspecified atom stereocenters. The molecule has 2 aromatic rings. The number of hydrogen-bond donors (Lipinski definition) is 0. The van der Waals surface area contributed by atoms with Crippen LogP contribution in [0, 0.1) is 23.1 Å². The van der Waals surface area contributed by atoms with E-state index in [0.717, 1.165) is 24.3 Å². The summed E-state index contributed by atoms with van der Waals surface area (Å²) in [4.78, 5) is 0. The summed E-state index contributed by atoms with van der Waals surface area (Å²) in [6, 6.07) is 12.4. The lowest BCUT2D eigenvalue weighted by Crippen LogP contribution is -2.20. The van der Waals surface area contributed by atoms with Gasteiger partial charge >= 0.3 is 6.11 Å². The molecule has 3 rings (SSSR count). The van der Waals surface area contributed by atoms with Gasteiger partial charge in [-0.25, -0.2) is 4.39 Å². The number of nitrogens with zero attached hydrogens (tertiary/aromatic N) is 1. The van der Waals surface area contributed by atoms with E-state index in [1.165, 1.54) is 62.8 Å². The number of rotatable bonds is 10. The van der Waals surface area contributed by atoms with E-state index >= 15 is 0 Å². The maximum Gasteiger partial charge on any atom is 0.383 e. The zero-order valence-electron chi connectivity index (χ0n) is 18.8. The molecule has 2 nitrogen and oxygen atoms in total. The Morgan fingerprint density at radius 2 is 1.75 bits per heavy atom. The molecule has 0 bridgehead atoms. The first-order chi connectivity index (χ1) is 15.4. The van der Waals surface area contributed by atoms with Gasteiger partial charge in [-0.05, 0) is 67.2 Å². The van der Waals surface area contributed by atoms with Gasteiger partial charge in [0.05, 0.1) is 17.7 Å². The maximum atomic E-state index is 14.5. The van der Waals surface area contributed by atoms with E-state index in [4.69, 9.17) is 10.00 Å². The highest BCUT2D eigenvalue weighted by Crippen LogP contribution is 2.39. The normalized spacial score (nSPS) is 19.0. The van der Waals surface area contributed by atoms with Crippen LogP contribution in [0.25, 0.3) is 0 Å². The van der Waals surface area contributed by atoms with Crippen molar-refractivity contribution in [2.75, 3.05) is 6.61 Å². The van der Waals surface area contributed by atoms with Crippen LogP contribution in [0.15, 0.2) is 42.5 Å². The second-order valence-electron chi connectivity index (χ2n) is 8.88. The van der Waals surface area contributed by atoms with Gasteiger partial charge < -0.3 is 4.74 Å². The second-order valence-corrected chi connectivity index (χ2v) is 8.88. The fourth-order valence-corrected chi connectivity index (χ4v) is 4.60. The van der Waals surface area contributed by atoms with Gasteiger partial charge in [0, 0.05) is 0 Å². The van der Waals surface area contributed by atoms with Crippen LogP contribution in [-0.2, 0) is 17.3 Å². The Bertz CT molecular complexity index is 896. The quantitative estimate of drug-likeness (QED) is 0.350. The van der Waals surface area contributed by atoms with Crippen molar-refractivity contribution in [1.82, 2.24) is 0 Å². The Hall–Kier alpha value is -2.32. The standard InChI is InChI=1S/C27H32F3NO/c1-2-3-4-5-20-6-9-22(10-7-20)23-12-14-25(15-13-23)27(29,30)32-17-16-21-8-11-24(19-31)26(28)18-21/h8,11-15,18,20,22H,2-7,9-10,16-17H2,1H3/t20-,22-. The molecule has 172 valence electrons. The minimum atomic E-state index is -3.40. The summed E-state index contributed by atoms with van der Waals surface area (Å²) >= 11 is 0. The van der Waals surface area contributed by atoms with Crippen LogP contribution in [-0.4, -0.2) is 6.61 Å². The van der Waals surface area contributed by atoms with Crippen molar-refractivity contribution in [2.45, 2.75) is 76.7 Å². The molecule has 2 aromatic carbocycles. The minimum absolute atomic E-state index is 0.0648. The SMILES string of the molecule is CCCCC[C@H]1CC[C@H](c2ccc(C(F)(F)OCCc3ccc(C#N)c(F)c3)cc2)CC1.